The Balaban J connectivity index is 4.06. The molecule has 0 N–H and O–H groups in total. The summed E-state index contributed by atoms with van der Waals surface area (Å²) >= 11 is 0. The average Bonchev–Trinajstić information content (AvgIpc) is 2.02. The highest BCUT2D eigenvalue weighted by Crippen LogP contribution is 2.03. The topological polar surface area (TPSA) is 37.4 Å². The van der Waals surface area contributed by atoms with Crippen molar-refractivity contribution in [2.45, 2.75) is 33.7 Å². The van der Waals surface area contributed by atoms with E-state index in [1.807, 2.05) is 25.8 Å². The molecule has 0 aromatic rings. The predicted octanol–water partition coefficient (Wildman–Crippen LogP) is 1.12. The first-order valence-corrected chi connectivity index (χ1v) is 4.57. The van der Waals surface area contributed by atoms with Gasteiger partial charge in [-0.3, -0.25) is 14.5 Å². The van der Waals surface area contributed by atoms with Crippen LogP contribution in [0.5, 0.6) is 0 Å². The van der Waals surface area contributed by atoms with Crippen LogP contribution in [0.25, 0.3) is 0 Å². The van der Waals surface area contributed by atoms with E-state index in [9.17, 15) is 9.59 Å². The van der Waals surface area contributed by atoms with E-state index in [0.29, 0.717) is 6.54 Å². The third kappa shape index (κ3) is 4.18. The van der Waals surface area contributed by atoms with Crippen LogP contribution >= 0.6 is 0 Å². The molecule has 0 rings (SSSR count). The number of carbonyl (C=O) groups excluding carboxylic acids is 2. The zero-order chi connectivity index (χ0) is 10.6. The Labute approximate surface area is 80.1 Å². The Morgan fingerprint density at radius 1 is 1.15 bits per heavy atom. The summed E-state index contributed by atoms with van der Waals surface area (Å²) in [6.45, 7) is 7.54. The van der Waals surface area contributed by atoms with Crippen LogP contribution in [-0.4, -0.2) is 36.1 Å². The summed E-state index contributed by atoms with van der Waals surface area (Å²) in [6, 6.07) is -0.0956. The van der Waals surface area contributed by atoms with E-state index in [2.05, 4.69) is 0 Å². The number of hydrogen-bond acceptors (Lipinski definition) is 3. The van der Waals surface area contributed by atoms with Gasteiger partial charge in [0.2, 0.25) is 0 Å². The van der Waals surface area contributed by atoms with Crippen molar-refractivity contribution in [3.8, 4) is 0 Å². The molecule has 0 aromatic heterocycles. The van der Waals surface area contributed by atoms with Crippen molar-refractivity contribution in [3.63, 3.8) is 0 Å². The number of likely N-dealkylation sites (N-methyl/N-ethyl adjacent to an activating group) is 1. The van der Waals surface area contributed by atoms with Crippen molar-refractivity contribution >= 4 is 11.6 Å². The van der Waals surface area contributed by atoms with Gasteiger partial charge in [0.05, 0.1) is 6.04 Å². The zero-order valence-corrected chi connectivity index (χ0v) is 9.13. The minimum atomic E-state index is -0.0956. The molecule has 2 atom stereocenters. The van der Waals surface area contributed by atoms with Crippen molar-refractivity contribution < 1.29 is 9.59 Å². The normalized spacial score (nSPS) is 15.5. The molecule has 0 aromatic carbocycles. The van der Waals surface area contributed by atoms with E-state index < -0.39 is 0 Å². The Kier molecular flexibility index (Phi) is 4.85. The molecule has 0 fully saturated rings. The van der Waals surface area contributed by atoms with Crippen LogP contribution in [0.2, 0.25) is 0 Å². The van der Waals surface area contributed by atoms with Gasteiger partial charge in [0, 0.05) is 12.5 Å². The maximum absolute atomic E-state index is 11.0. The maximum Gasteiger partial charge on any atom is 0.146 e. The Morgan fingerprint density at radius 2 is 1.62 bits per heavy atom. The van der Waals surface area contributed by atoms with Crippen molar-refractivity contribution in [2.75, 3.05) is 13.6 Å². The molecular formula is C10H19NO2. The van der Waals surface area contributed by atoms with E-state index in [1.165, 1.54) is 0 Å². The van der Waals surface area contributed by atoms with E-state index in [1.54, 1.807) is 13.8 Å². The molecule has 3 nitrogen and oxygen atoms in total. The molecule has 0 radical (unpaired) electrons. The lowest BCUT2D eigenvalue weighted by Crippen LogP contribution is -2.38. The van der Waals surface area contributed by atoms with Gasteiger partial charge in [0.25, 0.3) is 0 Å². The molecule has 0 heterocycles. The maximum atomic E-state index is 11.0. The average molecular weight is 185 g/mol. The summed E-state index contributed by atoms with van der Waals surface area (Å²) in [6.07, 6.45) is 0. The minimum absolute atomic E-state index is 0.00630. The molecule has 0 saturated carbocycles. The molecule has 0 spiro atoms. The molecule has 3 heteroatoms. The van der Waals surface area contributed by atoms with Gasteiger partial charge < -0.3 is 0 Å². The summed E-state index contributed by atoms with van der Waals surface area (Å²) in [7, 11) is 1.87. The minimum Gasteiger partial charge on any atom is -0.300 e. The fourth-order valence-electron chi connectivity index (χ4n) is 1.03. The van der Waals surface area contributed by atoms with Gasteiger partial charge in [0.15, 0.2) is 0 Å². The van der Waals surface area contributed by atoms with Crippen molar-refractivity contribution in [1.82, 2.24) is 4.90 Å². The van der Waals surface area contributed by atoms with Crippen LogP contribution in [0.3, 0.4) is 0 Å². The molecule has 0 aliphatic heterocycles. The summed E-state index contributed by atoms with van der Waals surface area (Å²) in [5.41, 5.74) is 0. The second kappa shape index (κ2) is 5.12. The van der Waals surface area contributed by atoms with Gasteiger partial charge in [-0.15, -0.1) is 0 Å². The molecule has 0 amide bonds. The molecule has 0 aliphatic rings. The highest BCUT2D eigenvalue weighted by molar-refractivity contribution is 5.81. The molecule has 76 valence electrons. The fraction of sp³-hybridized carbons (Fsp3) is 0.800. The zero-order valence-electron chi connectivity index (χ0n) is 9.13. The second-order valence-corrected chi connectivity index (χ2v) is 3.74. The monoisotopic (exact) mass is 185 g/mol. The number of Topliss-reactive ketones (excluding diaryl/α,β-unsaturated/α-hetero) is 2. The lowest BCUT2D eigenvalue weighted by Gasteiger charge is -2.24. The summed E-state index contributed by atoms with van der Waals surface area (Å²) < 4.78 is 0. The van der Waals surface area contributed by atoms with Crippen LogP contribution < -0.4 is 0 Å². The van der Waals surface area contributed by atoms with Crippen molar-refractivity contribution in [3.05, 3.63) is 0 Å². The van der Waals surface area contributed by atoms with Gasteiger partial charge >= 0.3 is 0 Å². The summed E-state index contributed by atoms with van der Waals surface area (Å²) in [5, 5.41) is 0. The summed E-state index contributed by atoms with van der Waals surface area (Å²) in [5.74, 6) is 0.313. The van der Waals surface area contributed by atoms with E-state index in [4.69, 9.17) is 0 Å². The molecule has 0 saturated heterocycles. The van der Waals surface area contributed by atoms with Gasteiger partial charge in [0.1, 0.15) is 11.6 Å². The predicted molar refractivity (Wildman–Crippen MR) is 52.6 cm³/mol. The van der Waals surface area contributed by atoms with Crippen LogP contribution in [0, 0.1) is 5.92 Å². The van der Waals surface area contributed by atoms with Crippen molar-refractivity contribution in [1.29, 1.82) is 0 Å². The molecule has 0 aliphatic carbocycles. The second-order valence-electron chi connectivity index (χ2n) is 3.74. The van der Waals surface area contributed by atoms with Gasteiger partial charge in [-0.2, -0.15) is 0 Å². The van der Waals surface area contributed by atoms with Crippen molar-refractivity contribution in [2.24, 2.45) is 5.92 Å². The fourth-order valence-corrected chi connectivity index (χ4v) is 1.03. The van der Waals surface area contributed by atoms with Crippen LogP contribution in [0.15, 0.2) is 0 Å². The lowest BCUT2D eigenvalue weighted by atomic mass is 10.1. The lowest BCUT2D eigenvalue weighted by molar-refractivity contribution is -0.124. The quantitative estimate of drug-likeness (QED) is 0.644. The Hall–Kier alpha value is -0.700. The van der Waals surface area contributed by atoms with Crippen LogP contribution in [0.4, 0.5) is 0 Å². The molecule has 0 unspecified atom stereocenters. The third-order valence-corrected chi connectivity index (χ3v) is 2.51. The first-order chi connectivity index (χ1) is 5.86. The first-order valence-electron chi connectivity index (χ1n) is 4.57. The SMILES string of the molecule is CC(=O)[C@H](C)CN(C)[C@H](C)C(C)=O. The van der Waals surface area contributed by atoms with E-state index in [0.717, 1.165) is 0 Å². The summed E-state index contributed by atoms with van der Waals surface area (Å²) in [4.78, 5) is 23.9. The number of carbonyl (C=O) groups is 2. The standard InChI is InChI=1S/C10H19NO2/c1-7(9(3)12)6-11(5)8(2)10(4)13/h7-8H,6H2,1-5H3/t7-,8-/m1/s1. The van der Waals surface area contributed by atoms with Gasteiger partial charge in [-0.25, -0.2) is 0 Å². The highest BCUT2D eigenvalue weighted by Gasteiger charge is 2.17. The first kappa shape index (κ1) is 12.3. The molecule has 0 bridgehead atoms. The number of rotatable bonds is 5. The number of nitrogens with zero attached hydrogens (tertiary/aromatic N) is 1. The Morgan fingerprint density at radius 3 is 1.92 bits per heavy atom. The van der Waals surface area contributed by atoms with Gasteiger partial charge in [-0.05, 0) is 27.8 Å². The largest absolute Gasteiger partial charge is 0.300 e. The molecule has 13 heavy (non-hydrogen) atoms. The van der Waals surface area contributed by atoms with E-state index >= 15 is 0 Å². The Bertz CT molecular complexity index is 201. The van der Waals surface area contributed by atoms with Crippen LogP contribution in [-0.2, 0) is 9.59 Å². The number of hydrogen-bond donors (Lipinski definition) is 0. The van der Waals surface area contributed by atoms with E-state index in [-0.39, 0.29) is 23.5 Å². The smallest absolute Gasteiger partial charge is 0.146 e. The highest BCUT2D eigenvalue weighted by atomic mass is 16.1. The van der Waals surface area contributed by atoms with Crippen LogP contribution in [0.1, 0.15) is 27.7 Å². The van der Waals surface area contributed by atoms with Gasteiger partial charge in [-0.1, -0.05) is 6.92 Å². The number of ketones is 2. The third-order valence-electron chi connectivity index (χ3n) is 2.51. The molecular weight excluding hydrogens is 166 g/mol.